The van der Waals surface area contributed by atoms with Crippen molar-refractivity contribution >= 4 is 11.9 Å². The van der Waals surface area contributed by atoms with Gasteiger partial charge in [-0.05, 0) is 66.0 Å². The lowest BCUT2D eigenvalue weighted by Gasteiger charge is -2.61. The quantitative estimate of drug-likeness (QED) is 0.113. The van der Waals surface area contributed by atoms with E-state index >= 15 is 0 Å². The van der Waals surface area contributed by atoms with Crippen molar-refractivity contribution < 1.29 is 28.9 Å². The Morgan fingerprint density at radius 3 is 2.00 bits per heavy atom. The summed E-state index contributed by atoms with van der Waals surface area (Å²) in [5, 5.41) is 10.4. The molecule has 6 nitrogen and oxygen atoms in total. The molecule has 0 bridgehead atoms. The largest absolute Gasteiger partial charge is 0.462 e. The molecule has 2 aliphatic carbocycles. The summed E-state index contributed by atoms with van der Waals surface area (Å²) in [5.41, 5.74) is 2.89. The maximum absolute atomic E-state index is 12.6. The number of carbonyl (C=O) groups excluding carboxylic acids is 2. The summed E-state index contributed by atoms with van der Waals surface area (Å²) in [5.74, 6) is -0.534. The Balaban J connectivity index is 1.43. The van der Waals surface area contributed by atoms with Gasteiger partial charge in [-0.25, -0.2) is 4.79 Å². The van der Waals surface area contributed by atoms with Crippen LogP contribution in [0.1, 0.15) is 69.6 Å². The van der Waals surface area contributed by atoms with Crippen LogP contribution in [0.5, 0.6) is 0 Å². The maximum atomic E-state index is 12.6. The zero-order valence-corrected chi connectivity index (χ0v) is 27.7. The Kier molecular flexibility index (Phi) is 9.28. The van der Waals surface area contributed by atoms with E-state index in [4.69, 9.17) is 14.2 Å². The highest BCUT2D eigenvalue weighted by molar-refractivity contribution is 5.91. The number of allylic oxidation sites excluding steroid dienone is 2. The highest BCUT2D eigenvalue weighted by atomic mass is 16.6. The minimum atomic E-state index is -0.914. The Hall–Kier alpha value is -4.00. The average Bonchev–Trinajstić information content (AvgIpc) is 3.40. The van der Waals surface area contributed by atoms with Crippen LogP contribution in [0.4, 0.5) is 0 Å². The van der Waals surface area contributed by atoms with Gasteiger partial charge in [0.1, 0.15) is 24.4 Å². The first-order valence-electron chi connectivity index (χ1n) is 16.8. The number of benzene rings is 3. The van der Waals surface area contributed by atoms with E-state index in [1.54, 1.807) is 0 Å². The fraction of sp³-hybridized carbons (Fsp3) is 0.415. The predicted octanol–water partition coefficient (Wildman–Crippen LogP) is 7.55. The van der Waals surface area contributed by atoms with E-state index in [-0.39, 0.29) is 35.9 Å². The lowest BCUT2D eigenvalue weighted by Crippen LogP contribution is -2.59. The van der Waals surface area contributed by atoms with Gasteiger partial charge in [-0.1, -0.05) is 123 Å². The van der Waals surface area contributed by atoms with Gasteiger partial charge < -0.3 is 19.3 Å². The van der Waals surface area contributed by atoms with Gasteiger partial charge in [0.05, 0.1) is 12.2 Å². The summed E-state index contributed by atoms with van der Waals surface area (Å²) >= 11 is 0. The van der Waals surface area contributed by atoms with E-state index in [9.17, 15) is 14.7 Å². The summed E-state index contributed by atoms with van der Waals surface area (Å²) in [6.07, 6.45) is 4.45. The van der Waals surface area contributed by atoms with Gasteiger partial charge >= 0.3 is 11.9 Å². The lowest BCUT2D eigenvalue weighted by atomic mass is 9.46. The van der Waals surface area contributed by atoms with E-state index < -0.39 is 23.1 Å². The molecule has 2 unspecified atom stereocenters. The number of hydrogen-bond acceptors (Lipinski definition) is 6. The van der Waals surface area contributed by atoms with Gasteiger partial charge in [0, 0.05) is 12.3 Å². The minimum absolute atomic E-state index is 0.00163. The molecule has 0 radical (unpaired) electrons. The fourth-order valence-electron chi connectivity index (χ4n) is 8.95. The zero-order chi connectivity index (χ0) is 33.2. The number of aliphatic hydroxyl groups excluding tert-OH is 1. The minimum Gasteiger partial charge on any atom is -0.462 e. The number of fused-ring (bicyclic) bond motifs is 1. The first kappa shape index (κ1) is 32.9. The van der Waals surface area contributed by atoms with E-state index in [0.29, 0.717) is 25.0 Å². The number of carbonyl (C=O) groups is 2. The molecule has 47 heavy (non-hydrogen) atoms. The molecule has 0 amide bonds. The van der Waals surface area contributed by atoms with Crippen molar-refractivity contribution in [2.45, 2.75) is 70.7 Å². The van der Waals surface area contributed by atoms with Crippen molar-refractivity contribution in [3.63, 3.8) is 0 Å². The second-order valence-electron chi connectivity index (χ2n) is 14.0. The molecule has 1 N–H and O–H groups in total. The van der Waals surface area contributed by atoms with Crippen molar-refractivity contribution in [1.82, 2.24) is 0 Å². The number of esters is 2. The van der Waals surface area contributed by atoms with Gasteiger partial charge in [-0.2, -0.15) is 0 Å². The normalized spacial score (nSPS) is 30.1. The molecule has 1 aliphatic heterocycles. The monoisotopic (exact) mass is 634 g/mol. The van der Waals surface area contributed by atoms with Crippen LogP contribution in [-0.4, -0.2) is 42.5 Å². The van der Waals surface area contributed by atoms with Gasteiger partial charge in [-0.15, -0.1) is 0 Å². The molecule has 3 aromatic rings. The molecule has 2 saturated carbocycles. The molecule has 6 rings (SSSR count). The smallest absolute Gasteiger partial charge is 0.336 e. The van der Waals surface area contributed by atoms with Gasteiger partial charge in [0.15, 0.2) is 0 Å². The zero-order valence-electron chi connectivity index (χ0n) is 27.7. The molecule has 6 heteroatoms. The van der Waals surface area contributed by atoms with Crippen molar-refractivity contribution in [2.24, 2.45) is 22.7 Å². The van der Waals surface area contributed by atoms with E-state index in [1.165, 1.54) is 6.92 Å². The molecule has 6 atom stereocenters. The summed E-state index contributed by atoms with van der Waals surface area (Å²) in [4.78, 5) is 24.9. The second kappa shape index (κ2) is 13.2. The topological polar surface area (TPSA) is 82.1 Å². The number of ether oxygens (including phenoxy) is 3. The van der Waals surface area contributed by atoms with E-state index in [1.807, 2.05) is 60.7 Å². The average molecular weight is 635 g/mol. The van der Waals surface area contributed by atoms with Crippen LogP contribution in [0.25, 0.3) is 0 Å². The Bertz CT molecular complexity index is 1520. The van der Waals surface area contributed by atoms with Crippen LogP contribution in [0.15, 0.2) is 115 Å². The predicted molar refractivity (Wildman–Crippen MR) is 181 cm³/mol. The molecular weight excluding hydrogens is 588 g/mol. The first-order valence-corrected chi connectivity index (χ1v) is 16.8. The number of cyclic esters (lactones) is 1. The fourth-order valence-corrected chi connectivity index (χ4v) is 8.95. The van der Waals surface area contributed by atoms with Crippen LogP contribution in [-0.2, 0) is 29.4 Å². The van der Waals surface area contributed by atoms with Gasteiger partial charge in [-0.3, -0.25) is 4.79 Å². The maximum Gasteiger partial charge on any atom is 0.336 e. The van der Waals surface area contributed by atoms with Gasteiger partial charge in [0.25, 0.3) is 0 Å². The van der Waals surface area contributed by atoms with E-state index in [0.717, 1.165) is 41.5 Å². The molecule has 1 saturated heterocycles. The van der Waals surface area contributed by atoms with Crippen LogP contribution >= 0.6 is 0 Å². The molecular formula is C41H46O6. The van der Waals surface area contributed by atoms with Crippen molar-refractivity contribution in [3.8, 4) is 0 Å². The van der Waals surface area contributed by atoms with Crippen LogP contribution in [0, 0.1) is 22.7 Å². The first-order chi connectivity index (χ1) is 22.6. The number of aliphatic hydroxyl groups is 1. The lowest BCUT2D eigenvalue weighted by molar-refractivity contribution is -0.197. The Labute approximate surface area is 278 Å². The van der Waals surface area contributed by atoms with E-state index in [2.05, 4.69) is 56.8 Å². The summed E-state index contributed by atoms with van der Waals surface area (Å²) in [7, 11) is 0. The van der Waals surface area contributed by atoms with Crippen LogP contribution in [0.3, 0.4) is 0 Å². The SMILES string of the molecule is C=C1CCC2[C@](C)(COC(c3ccccc3)(c3ccccc3)c3ccccc3)[C@H](OC(C)=O)CC[C@@]2(C)[C@@H]1C/C=C1\C(=O)OCC1O. The summed E-state index contributed by atoms with van der Waals surface area (Å²) in [6.45, 7) is 10.9. The van der Waals surface area contributed by atoms with Crippen LogP contribution < -0.4 is 0 Å². The molecule has 3 aliphatic rings. The highest BCUT2D eigenvalue weighted by Gasteiger charge is 2.60. The van der Waals surface area contributed by atoms with Gasteiger partial charge in [0.2, 0.25) is 0 Å². The Morgan fingerprint density at radius 1 is 0.957 bits per heavy atom. The molecule has 246 valence electrons. The number of rotatable bonds is 9. The molecule has 0 aromatic heterocycles. The molecule has 3 aromatic carbocycles. The van der Waals surface area contributed by atoms with Crippen molar-refractivity contribution in [2.75, 3.05) is 13.2 Å². The third kappa shape index (κ3) is 5.98. The molecule has 0 spiro atoms. The van der Waals surface area contributed by atoms with Crippen LogP contribution in [0.2, 0.25) is 0 Å². The molecule has 3 fully saturated rings. The third-order valence-corrected chi connectivity index (χ3v) is 11.3. The summed E-state index contributed by atoms with van der Waals surface area (Å²) < 4.78 is 18.7. The van der Waals surface area contributed by atoms with Crippen molar-refractivity contribution in [1.29, 1.82) is 0 Å². The highest BCUT2D eigenvalue weighted by Crippen LogP contribution is 2.63. The third-order valence-electron chi connectivity index (χ3n) is 11.3. The standard InChI is InChI=1S/C41H46O6/c1-28-20-23-36-39(3,34(28)22-21-33-35(43)26-45-38(33)44)25-24-37(47-29(2)42)40(36,4)27-46-41(30-14-8-5-9-15-30,31-16-10-6-11-17-31)32-18-12-7-13-19-32/h5-19,21,34-37,43H,1,20,22-27H2,2-4H3/b33-21-/t34-,35?,36?,37-,39+,40+/m1/s1. The Morgan fingerprint density at radius 2 is 1.51 bits per heavy atom. The summed E-state index contributed by atoms with van der Waals surface area (Å²) in [6, 6.07) is 31.0. The second-order valence-corrected chi connectivity index (χ2v) is 14.0. The molecule has 1 heterocycles. The van der Waals surface area contributed by atoms with Crippen molar-refractivity contribution in [3.05, 3.63) is 131 Å². The number of hydrogen-bond donors (Lipinski definition) is 1.